The van der Waals surface area contributed by atoms with E-state index < -0.39 is 23.7 Å². The predicted octanol–water partition coefficient (Wildman–Crippen LogP) is 3.65. The van der Waals surface area contributed by atoms with Crippen LogP contribution in [0.25, 0.3) is 11.0 Å². The Morgan fingerprint density at radius 2 is 1.78 bits per heavy atom. The van der Waals surface area contributed by atoms with Gasteiger partial charge in [-0.2, -0.15) is 0 Å². The fourth-order valence-electron chi connectivity index (χ4n) is 3.92. The van der Waals surface area contributed by atoms with Crippen molar-refractivity contribution < 1.29 is 18.4 Å². The highest BCUT2D eigenvalue weighted by Gasteiger charge is 2.33. The minimum Gasteiger partial charge on any atom is -0.467 e. The number of rotatable bonds is 8. The van der Waals surface area contributed by atoms with Gasteiger partial charge < -0.3 is 9.73 Å². The van der Waals surface area contributed by atoms with Crippen LogP contribution in [-0.2, 0) is 22.7 Å². The van der Waals surface area contributed by atoms with Gasteiger partial charge in [0.25, 0.3) is 0 Å². The Morgan fingerprint density at radius 3 is 2.53 bits per heavy atom. The van der Waals surface area contributed by atoms with E-state index in [1.165, 1.54) is 40.1 Å². The zero-order valence-electron chi connectivity index (χ0n) is 19.0. The molecule has 0 spiro atoms. The lowest BCUT2D eigenvalue weighted by atomic mass is 10.0. The van der Waals surface area contributed by atoms with Crippen LogP contribution < -0.4 is 10.2 Å². The molecule has 0 saturated heterocycles. The molecule has 9 nitrogen and oxygen atoms in total. The van der Waals surface area contributed by atoms with Crippen LogP contribution in [0.3, 0.4) is 0 Å². The molecular formula is C26H21FN6O3. The van der Waals surface area contributed by atoms with Crippen LogP contribution in [0.15, 0.2) is 95.9 Å². The van der Waals surface area contributed by atoms with Crippen LogP contribution in [0, 0.1) is 5.82 Å². The van der Waals surface area contributed by atoms with Crippen molar-refractivity contribution in [1.29, 1.82) is 0 Å². The highest BCUT2D eigenvalue weighted by atomic mass is 19.1. The van der Waals surface area contributed by atoms with Crippen molar-refractivity contribution in [2.75, 3.05) is 4.90 Å². The monoisotopic (exact) mass is 484 g/mol. The van der Waals surface area contributed by atoms with Crippen LogP contribution in [0.5, 0.6) is 0 Å². The molecule has 3 heterocycles. The molecule has 10 heteroatoms. The van der Waals surface area contributed by atoms with Crippen molar-refractivity contribution >= 4 is 28.5 Å². The number of halogens is 1. The molecule has 180 valence electrons. The molecule has 0 aliphatic rings. The molecule has 0 aliphatic heterocycles. The van der Waals surface area contributed by atoms with Crippen molar-refractivity contribution in [3.05, 3.63) is 109 Å². The topological polar surface area (TPSA) is 106 Å². The molecule has 2 aromatic carbocycles. The zero-order chi connectivity index (χ0) is 24.9. The number of benzene rings is 2. The van der Waals surface area contributed by atoms with Gasteiger partial charge >= 0.3 is 0 Å². The molecule has 0 unspecified atom stereocenters. The maximum atomic E-state index is 13.8. The number of pyridine rings is 1. The third-order valence-electron chi connectivity index (χ3n) is 5.62. The van der Waals surface area contributed by atoms with E-state index in [-0.39, 0.29) is 13.1 Å². The Hall–Kier alpha value is -4.86. The van der Waals surface area contributed by atoms with Crippen LogP contribution in [0.2, 0.25) is 0 Å². The number of nitrogens with one attached hydrogen (secondary N) is 1. The molecule has 0 fully saturated rings. The van der Waals surface area contributed by atoms with Gasteiger partial charge in [-0.05, 0) is 66.2 Å². The number of amides is 2. The highest BCUT2D eigenvalue weighted by Crippen LogP contribution is 2.29. The molecule has 3 aromatic heterocycles. The van der Waals surface area contributed by atoms with Gasteiger partial charge in [-0.3, -0.25) is 19.5 Å². The smallest absolute Gasteiger partial charge is 0.249 e. The van der Waals surface area contributed by atoms with Crippen molar-refractivity contribution in [2.24, 2.45) is 0 Å². The fraction of sp³-hybridized carbons (Fsp3) is 0.115. The van der Waals surface area contributed by atoms with Gasteiger partial charge in [-0.1, -0.05) is 17.3 Å². The second kappa shape index (κ2) is 10.2. The maximum Gasteiger partial charge on any atom is 0.249 e. The van der Waals surface area contributed by atoms with Crippen LogP contribution in [0.4, 0.5) is 10.1 Å². The van der Waals surface area contributed by atoms with Gasteiger partial charge in [0, 0.05) is 18.1 Å². The zero-order valence-corrected chi connectivity index (χ0v) is 19.0. The number of hydrogen-bond donors (Lipinski definition) is 1. The van der Waals surface area contributed by atoms with Gasteiger partial charge in [-0.25, -0.2) is 9.07 Å². The third kappa shape index (κ3) is 4.83. The molecule has 0 radical (unpaired) electrons. The number of hydrogen-bond acceptors (Lipinski definition) is 6. The summed E-state index contributed by atoms with van der Waals surface area (Å²) in [6, 6.07) is 18.4. The van der Waals surface area contributed by atoms with Gasteiger partial charge in [0.2, 0.25) is 11.8 Å². The van der Waals surface area contributed by atoms with Crippen molar-refractivity contribution in [2.45, 2.75) is 19.1 Å². The lowest BCUT2D eigenvalue weighted by molar-refractivity contribution is -0.127. The summed E-state index contributed by atoms with van der Waals surface area (Å²) >= 11 is 0. The third-order valence-corrected chi connectivity index (χ3v) is 5.62. The van der Waals surface area contributed by atoms with E-state index in [1.54, 1.807) is 48.8 Å². The van der Waals surface area contributed by atoms with Gasteiger partial charge in [0.05, 0.1) is 18.3 Å². The second-order valence-electron chi connectivity index (χ2n) is 7.96. The minimum absolute atomic E-state index is 0.132. The number of anilines is 1. The Balaban J connectivity index is 1.54. The highest BCUT2D eigenvalue weighted by molar-refractivity contribution is 6.01. The first kappa shape index (κ1) is 22.9. The molecule has 1 atom stereocenters. The van der Waals surface area contributed by atoms with Gasteiger partial charge in [-0.15, -0.1) is 5.10 Å². The van der Waals surface area contributed by atoms with Crippen LogP contribution >= 0.6 is 0 Å². The summed E-state index contributed by atoms with van der Waals surface area (Å²) in [5.74, 6) is -0.785. The molecule has 5 rings (SSSR count). The molecule has 0 aliphatic carbocycles. The number of aromatic nitrogens is 4. The van der Waals surface area contributed by atoms with E-state index in [0.717, 1.165) is 0 Å². The first-order valence-corrected chi connectivity index (χ1v) is 11.2. The van der Waals surface area contributed by atoms with Crippen molar-refractivity contribution in [3.8, 4) is 0 Å². The van der Waals surface area contributed by atoms with Crippen molar-refractivity contribution in [3.63, 3.8) is 0 Å². The van der Waals surface area contributed by atoms with E-state index in [2.05, 4.69) is 20.6 Å². The Morgan fingerprint density at radius 1 is 1.00 bits per heavy atom. The summed E-state index contributed by atoms with van der Waals surface area (Å²) in [6.07, 6.45) is 4.60. The minimum atomic E-state index is -1.07. The summed E-state index contributed by atoms with van der Waals surface area (Å²) in [4.78, 5) is 32.8. The summed E-state index contributed by atoms with van der Waals surface area (Å²) in [5.41, 5.74) is 2.19. The molecule has 1 N–H and O–H groups in total. The van der Waals surface area contributed by atoms with Gasteiger partial charge in [0.1, 0.15) is 29.7 Å². The SMILES string of the molecule is O=C(NCc1ccco1)[C@@H](c1ccncc1)N(C(=O)Cn1nnc2ccccc21)c1ccc(F)cc1. The Kier molecular flexibility index (Phi) is 6.48. The second-order valence-corrected chi connectivity index (χ2v) is 7.96. The average molecular weight is 484 g/mol. The number of furan rings is 1. The Labute approximate surface area is 205 Å². The number of para-hydroxylation sites is 1. The van der Waals surface area contributed by atoms with Gasteiger partial charge in [0.15, 0.2) is 0 Å². The number of fused-ring (bicyclic) bond motifs is 1. The molecule has 36 heavy (non-hydrogen) atoms. The van der Waals surface area contributed by atoms with E-state index in [9.17, 15) is 14.0 Å². The molecule has 2 amide bonds. The van der Waals surface area contributed by atoms with Crippen molar-refractivity contribution in [1.82, 2.24) is 25.3 Å². The predicted molar refractivity (Wildman–Crippen MR) is 129 cm³/mol. The molecule has 0 saturated carbocycles. The van der Waals surface area contributed by atoms with E-state index in [4.69, 9.17) is 4.42 Å². The summed E-state index contributed by atoms with van der Waals surface area (Å²) in [6.45, 7) is -0.0580. The Bertz CT molecular complexity index is 1470. The van der Waals surface area contributed by atoms with E-state index in [0.29, 0.717) is 28.0 Å². The number of carbonyl (C=O) groups is 2. The number of carbonyl (C=O) groups excluding carboxylic acids is 2. The lowest BCUT2D eigenvalue weighted by Crippen LogP contribution is -2.45. The van der Waals surface area contributed by atoms with E-state index in [1.807, 2.05) is 12.1 Å². The normalized spacial score (nSPS) is 11.8. The first-order chi connectivity index (χ1) is 17.6. The first-order valence-electron chi connectivity index (χ1n) is 11.2. The lowest BCUT2D eigenvalue weighted by Gasteiger charge is -2.31. The summed E-state index contributed by atoms with van der Waals surface area (Å²) in [7, 11) is 0. The molecule has 0 bridgehead atoms. The standard InChI is InChI=1S/C26H21FN6O3/c27-19-7-9-20(10-8-19)33(24(34)17-32-23-6-2-1-5-22(23)30-31-32)25(18-11-13-28-14-12-18)26(35)29-16-21-4-3-15-36-21/h1-15,25H,16-17H2,(H,29,35)/t25-/m1/s1. The summed E-state index contributed by atoms with van der Waals surface area (Å²) in [5, 5.41) is 11.0. The van der Waals surface area contributed by atoms with Crippen LogP contribution in [-0.4, -0.2) is 31.8 Å². The quantitative estimate of drug-likeness (QED) is 0.360. The van der Waals surface area contributed by atoms with E-state index >= 15 is 0 Å². The summed E-state index contributed by atoms with van der Waals surface area (Å²) < 4.78 is 20.6. The fourth-order valence-corrected chi connectivity index (χ4v) is 3.92. The molecular weight excluding hydrogens is 463 g/mol. The average Bonchev–Trinajstić information content (AvgIpc) is 3.57. The number of nitrogens with zero attached hydrogens (tertiary/aromatic N) is 5. The maximum absolute atomic E-state index is 13.8. The largest absolute Gasteiger partial charge is 0.467 e. The van der Waals surface area contributed by atoms with Crippen LogP contribution in [0.1, 0.15) is 17.4 Å². The molecule has 5 aromatic rings.